The Morgan fingerprint density at radius 2 is 2.33 bits per heavy atom. The second-order valence-corrected chi connectivity index (χ2v) is 5.18. The Bertz CT molecular complexity index is 409. The van der Waals surface area contributed by atoms with Crippen LogP contribution in [0.3, 0.4) is 0 Å². The molecule has 0 radical (unpaired) electrons. The van der Waals surface area contributed by atoms with Crippen LogP contribution in [0.2, 0.25) is 0 Å². The van der Waals surface area contributed by atoms with Crippen molar-refractivity contribution in [2.75, 3.05) is 26.3 Å². The third-order valence-corrected chi connectivity index (χ3v) is 3.83. The van der Waals surface area contributed by atoms with Crippen molar-refractivity contribution in [3.8, 4) is 0 Å². The van der Waals surface area contributed by atoms with E-state index in [1.165, 1.54) is 0 Å². The van der Waals surface area contributed by atoms with Gasteiger partial charge in [0.15, 0.2) is 0 Å². The summed E-state index contributed by atoms with van der Waals surface area (Å²) >= 11 is 0. The van der Waals surface area contributed by atoms with Crippen LogP contribution in [0, 0.1) is 5.92 Å². The van der Waals surface area contributed by atoms with E-state index in [0.717, 1.165) is 38.4 Å². The molecule has 1 atom stereocenters. The van der Waals surface area contributed by atoms with Crippen LogP contribution in [0.4, 0.5) is 0 Å². The molecule has 0 bridgehead atoms. The van der Waals surface area contributed by atoms with Crippen LogP contribution < -0.4 is 0 Å². The van der Waals surface area contributed by atoms with Crippen LogP contribution in [0.15, 0.2) is 24.4 Å². The summed E-state index contributed by atoms with van der Waals surface area (Å²) < 4.78 is 5.30. The first kappa shape index (κ1) is 11.7. The van der Waals surface area contributed by atoms with E-state index in [2.05, 4.69) is 4.98 Å². The van der Waals surface area contributed by atoms with Gasteiger partial charge in [-0.1, -0.05) is 6.07 Å². The van der Waals surface area contributed by atoms with Gasteiger partial charge >= 0.3 is 0 Å². The summed E-state index contributed by atoms with van der Waals surface area (Å²) in [6, 6.07) is 5.96. The molecule has 0 aromatic carbocycles. The molecule has 4 nitrogen and oxygen atoms in total. The van der Waals surface area contributed by atoms with Gasteiger partial charge in [0.25, 0.3) is 0 Å². The normalized spacial score (nSPS) is 24.0. The molecular formula is C14H18N2O2. The summed E-state index contributed by atoms with van der Waals surface area (Å²) in [5.41, 5.74) is 1.10. The SMILES string of the molecule is O=C(CC1CCOC1)N1CC(c2ccccn2)C1. The maximum Gasteiger partial charge on any atom is 0.222 e. The highest BCUT2D eigenvalue weighted by molar-refractivity contribution is 5.77. The molecule has 3 heterocycles. The lowest BCUT2D eigenvalue weighted by atomic mass is 9.94. The minimum atomic E-state index is 0.276. The fourth-order valence-electron chi connectivity index (χ4n) is 2.61. The lowest BCUT2D eigenvalue weighted by Gasteiger charge is -2.39. The predicted molar refractivity (Wildman–Crippen MR) is 67.1 cm³/mol. The number of rotatable bonds is 3. The van der Waals surface area contributed by atoms with Gasteiger partial charge in [-0.3, -0.25) is 9.78 Å². The van der Waals surface area contributed by atoms with Crippen LogP contribution in [0.1, 0.15) is 24.5 Å². The van der Waals surface area contributed by atoms with Crippen molar-refractivity contribution in [1.29, 1.82) is 0 Å². The fraction of sp³-hybridized carbons (Fsp3) is 0.571. The average molecular weight is 246 g/mol. The number of aromatic nitrogens is 1. The Morgan fingerprint density at radius 3 is 3.00 bits per heavy atom. The topological polar surface area (TPSA) is 42.4 Å². The van der Waals surface area contributed by atoms with Gasteiger partial charge in [0.1, 0.15) is 0 Å². The van der Waals surface area contributed by atoms with E-state index in [4.69, 9.17) is 4.74 Å². The zero-order valence-corrected chi connectivity index (χ0v) is 10.4. The van der Waals surface area contributed by atoms with Crippen LogP contribution in [0.5, 0.6) is 0 Å². The summed E-state index contributed by atoms with van der Waals surface area (Å²) in [6.45, 7) is 3.21. The number of carbonyl (C=O) groups excluding carboxylic acids is 1. The monoisotopic (exact) mass is 246 g/mol. The van der Waals surface area contributed by atoms with E-state index in [1.807, 2.05) is 29.3 Å². The van der Waals surface area contributed by atoms with E-state index in [9.17, 15) is 4.79 Å². The van der Waals surface area contributed by atoms with Crippen LogP contribution >= 0.6 is 0 Å². The molecule has 0 saturated carbocycles. The van der Waals surface area contributed by atoms with E-state index >= 15 is 0 Å². The number of hydrogen-bond acceptors (Lipinski definition) is 3. The van der Waals surface area contributed by atoms with Crippen molar-refractivity contribution in [2.45, 2.75) is 18.8 Å². The molecule has 0 N–H and O–H groups in total. The van der Waals surface area contributed by atoms with Crippen molar-refractivity contribution in [1.82, 2.24) is 9.88 Å². The molecular weight excluding hydrogens is 228 g/mol. The highest BCUT2D eigenvalue weighted by atomic mass is 16.5. The van der Waals surface area contributed by atoms with Crippen LogP contribution in [-0.4, -0.2) is 42.1 Å². The third-order valence-electron chi connectivity index (χ3n) is 3.83. The standard InChI is InChI=1S/C14H18N2O2/c17-14(7-11-4-6-18-10-11)16-8-12(9-16)13-3-1-2-5-15-13/h1-3,5,11-12H,4,6-10H2. The molecule has 0 spiro atoms. The Morgan fingerprint density at radius 1 is 1.44 bits per heavy atom. The molecule has 1 aromatic rings. The van der Waals surface area contributed by atoms with Gasteiger partial charge in [0.2, 0.25) is 5.91 Å². The molecule has 2 fully saturated rings. The van der Waals surface area contributed by atoms with Crippen molar-refractivity contribution in [2.24, 2.45) is 5.92 Å². The average Bonchev–Trinajstić information content (AvgIpc) is 2.81. The van der Waals surface area contributed by atoms with E-state index in [1.54, 1.807) is 0 Å². The third kappa shape index (κ3) is 2.38. The van der Waals surface area contributed by atoms with E-state index in [0.29, 0.717) is 18.3 Å². The quantitative estimate of drug-likeness (QED) is 0.810. The number of nitrogens with zero attached hydrogens (tertiary/aromatic N) is 2. The van der Waals surface area contributed by atoms with Gasteiger partial charge in [-0.15, -0.1) is 0 Å². The van der Waals surface area contributed by atoms with Crippen molar-refractivity contribution < 1.29 is 9.53 Å². The zero-order valence-electron chi connectivity index (χ0n) is 10.4. The minimum absolute atomic E-state index is 0.276. The molecule has 2 aliphatic rings. The highest BCUT2D eigenvalue weighted by Crippen LogP contribution is 2.27. The zero-order chi connectivity index (χ0) is 12.4. The number of likely N-dealkylation sites (tertiary alicyclic amines) is 1. The number of carbonyl (C=O) groups is 1. The Kier molecular flexibility index (Phi) is 3.28. The maximum atomic E-state index is 12.0. The van der Waals surface area contributed by atoms with E-state index in [-0.39, 0.29) is 5.91 Å². The molecule has 96 valence electrons. The first-order valence-corrected chi connectivity index (χ1v) is 6.59. The summed E-state index contributed by atoms with van der Waals surface area (Å²) in [4.78, 5) is 18.3. The van der Waals surface area contributed by atoms with Crippen molar-refractivity contribution in [3.63, 3.8) is 0 Å². The maximum absolute atomic E-state index is 12.0. The number of amides is 1. The van der Waals surface area contributed by atoms with Gasteiger partial charge < -0.3 is 9.64 Å². The van der Waals surface area contributed by atoms with Gasteiger partial charge in [-0.05, 0) is 24.5 Å². The highest BCUT2D eigenvalue weighted by Gasteiger charge is 2.33. The lowest BCUT2D eigenvalue weighted by molar-refractivity contribution is -0.136. The van der Waals surface area contributed by atoms with Gasteiger partial charge in [0.05, 0.1) is 0 Å². The van der Waals surface area contributed by atoms with Crippen molar-refractivity contribution >= 4 is 5.91 Å². The van der Waals surface area contributed by atoms with E-state index < -0.39 is 0 Å². The number of hydrogen-bond donors (Lipinski definition) is 0. The second kappa shape index (κ2) is 5.06. The van der Waals surface area contributed by atoms with Gasteiger partial charge in [-0.25, -0.2) is 0 Å². The molecule has 2 aliphatic heterocycles. The van der Waals surface area contributed by atoms with Gasteiger partial charge in [-0.2, -0.15) is 0 Å². The molecule has 2 saturated heterocycles. The van der Waals surface area contributed by atoms with Crippen LogP contribution in [0.25, 0.3) is 0 Å². The smallest absolute Gasteiger partial charge is 0.222 e. The summed E-state index contributed by atoms with van der Waals surface area (Å²) in [6.07, 6.45) is 3.49. The van der Waals surface area contributed by atoms with Crippen LogP contribution in [-0.2, 0) is 9.53 Å². The lowest BCUT2D eigenvalue weighted by Crippen LogP contribution is -2.49. The first-order chi connectivity index (χ1) is 8.83. The molecule has 3 rings (SSSR count). The summed E-state index contributed by atoms with van der Waals surface area (Å²) in [5.74, 6) is 1.14. The van der Waals surface area contributed by atoms with Crippen molar-refractivity contribution in [3.05, 3.63) is 30.1 Å². The fourth-order valence-corrected chi connectivity index (χ4v) is 2.61. The minimum Gasteiger partial charge on any atom is -0.381 e. The summed E-state index contributed by atoms with van der Waals surface area (Å²) in [7, 11) is 0. The Hall–Kier alpha value is -1.42. The number of ether oxygens (including phenoxy) is 1. The molecule has 1 amide bonds. The summed E-state index contributed by atoms with van der Waals surface area (Å²) in [5, 5.41) is 0. The molecule has 0 aliphatic carbocycles. The molecule has 1 aromatic heterocycles. The Labute approximate surface area is 107 Å². The molecule has 18 heavy (non-hydrogen) atoms. The molecule has 1 unspecified atom stereocenters. The largest absolute Gasteiger partial charge is 0.381 e. The first-order valence-electron chi connectivity index (χ1n) is 6.59. The van der Waals surface area contributed by atoms with Gasteiger partial charge in [0, 0.05) is 50.5 Å². The Balaban J connectivity index is 1.48. The molecule has 4 heteroatoms. The predicted octanol–water partition coefficient (Wildman–Crippen LogP) is 1.43. The number of pyridine rings is 1. The second-order valence-electron chi connectivity index (χ2n) is 5.18.